The number of amides is 2. The summed E-state index contributed by atoms with van der Waals surface area (Å²) in [6, 6.07) is 0.0309. The van der Waals surface area contributed by atoms with Crippen LogP contribution in [0.3, 0.4) is 0 Å². The quantitative estimate of drug-likeness (QED) is 0.851. The van der Waals surface area contributed by atoms with Crippen molar-refractivity contribution in [3.05, 3.63) is 16.3 Å². The van der Waals surface area contributed by atoms with E-state index in [9.17, 15) is 9.59 Å². The van der Waals surface area contributed by atoms with Crippen molar-refractivity contribution in [1.82, 2.24) is 24.6 Å². The van der Waals surface area contributed by atoms with Gasteiger partial charge in [0.25, 0.3) is 0 Å². The SMILES string of the molecule is O=C(NCCCn1nc2n(c1=O)CCCC2)N1CCCCCC1. The van der Waals surface area contributed by atoms with Crippen LogP contribution in [0.15, 0.2) is 4.79 Å². The first-order valence-corrected chi connectivity index (χ1v) is 8.95. The number of nitrogens with zero attached hydrogens (tertiary/aromatic N) is 4. The standard InChI is InChI=1S/C16H27N5O2/c22-15(19-10-4-1-2-5-11-19)17-9-7-13-21-16(23)20-12-6-3-8-14(20)18-21/h1-13H2,(H,17,22). The highest BCUT2D eigenvalue weighted by Gasteiger charge is 2.17. The second-order valence-corrected chi connectivity index (χ2v) is 6.52. The van der Waals surface area contributed by atoms with E-state index in [0.29, 0.717) is 13.1 Å². The van der Waals surface area contributed by atoms with E-state index >= 15 is 0 Å². The van der Waals surface area contributed by atoms with Gasteiger partial charge in [0, 0.05) is 39.1 Å². The van der Waals surface area contributed by atoms with Gasteiger partial charge in [0.2, 0.25) is 0 Å². The summed E-state index contributed by atoms with van der Waals surface area (Å²) in [7, 11) is 0. The summed E-state index contributed by atoms with van der Waals surface area (Å²) in [5.74, 6) is 0.912. The van der Waals surface area contributed by atoms with Crippen molar-refractivity contribution < 1.29 is 4.79 Å². The van der Waals surface area contributed by atoms with Crippen molar-refractivity contribution in [2.45, 2.75) is 64.5 Å². The average molecular weight is 321 g/mol. The van der Waals surface area contributed by atoms with Crippen LogP contribution < -0.4 is 11.0 Å². The predicted molar refractivity (Wildman–Crippen MR) is 87.5 cm³/mol. The zero-order valence-corrected chi connectivity index (χ0v) is 13.8. The van der Waals surface area contributed by atoms with Crippen molar-refractivity contribution in [2.75, 3.05) is 19.6 Å². The zero-order valence-electron chi connectivity index (χ0n) is 13.8. The number of carbonyl (C=O) groups excluding carboxylic acids is 1. The summed E-state index contributed by atoms with van der Waals surface area (Å²) in [5.41, 5.74) is -0.00135. The van der Waals surface area contributed by atoms with Crippen molar-refractivity contribution in [2.24, 2.45) is 0 Å². The Hall–Kier alpha value is -1.79. The van der Waals surface area contributed by atoms with Gasteiger partial charge in [0.15, 0.2) is 0 Å². The number of aromatic nitrogens is 3. The van der Waals surface area contributed by atoms with Crippen molar-refractivity contribution in [3.63, 3.8) is 0 Å². The van der Waals surface area contributed by atoms with E-state index in [-0.39, 0.29) is 11.7 Å². The average Bonchev–Trinajstić information content (AvgIpc) is 2.76. The Kier molecular flexibility index (Phi) is 5.35. The Morgan fingerprint density at radius 2 is 1.78 bits per heavy atom. The molecule has 0 saturated carbocycles. The van der Waals surface area contributed by atoms with Crippen molar-refractivity contribution in [3.8, 4) is 0 Å². The van der Waals surface area contributed by atoms with E-state index in [1.54, 1.807) is 9.25 Å². The Morgan fingerprint density at radius 1 is 1.04 bits per heavy atom. The second kappa shape index (κ2) is 7.66. The molecular weight excluding hydrogens is 294 g/mol. The highest BCUT2D eigenvalue weighted by molar-refractivity contribution is 5.74. The van der Waals surface area contributed by atoms with Crippen LogP contribution in [-0.4, -0.2) is 44.9 Å². The third-order valence-corrected chi connectivity index (χ3v) is 4.75. The molecule has 0 unspecified atom stereocenters. The van der Waals surface area contributed by atoms with Crippen molar-refractivity contribution in [1.29, 1.82) is 0 Å². The summed E-state index contributed by atoms with van der Waals surface area (Å²) in [6.45, 7) is 3.67. The van der Waals surface area contributed by atoms with Gasteiger partial charge in [-0.15, -0.1) is 0 Å². The zero-order chi connectivity index (χ0) is 16.1. The fourth-order valence-corrected chi connectivity index (χ4v) is 3.40. The Labute approximate surface area is 136 Å². The predicted octanol–water partition coefficient (Wildman–Crippen LogP) is 1.36. The van der Waals surface area contributed by atoms with Gasteiger partial charge in [0.05, 0.1) is 0 Å². The molecule has 0 aromatic carbocycles. The topological polar surface area (TPSA) is 72.2 Å². The van der Waals surface area contributed by atoms with Gasteiger partial charge in [0.1, 0.15) is 5.82 Å². The first-order valence-electron chi connectivity index (χ1n) is 8.95. The number of carbonyl (C=O) groups is 1. The number of nitrogens with one attached hydrogen (secondary N) is 1. The van der Waals surface area contributed by atoms with Gasteiger partial charge < -0.3 is 10.2 Å². The van der Waals surface area contributed by atoms with Crippen LogP contribution in [0.2, 0.25) is 0 Å². The van der Waals surface area contributed by atoms with Gasteiger partial charge in [-0.1, -0.05) is 12.8 Å². The Morgan fingerprint density at radius 3 is 2.52 bits per heavy atom. The first-order chi connectivity index (χ1) is 11.3. The van der Waals surface area contributed by atoms with E-state index in [2.05, 4.69) is 10.4 Å². The number of likely N-dealkylation sites (tertiary alicyclic amines) is 1. The molecule has 2 amide bonds. The van der Waals surface area contributed by atoms with Gasteiger partial charge in [-0.3, -0.25) is 4.57 Å². The highest BCUT2D eigenvalue weighted by atomic mass is 16.2. The maximum Gasteiger partial charge on any atom is 0.345 e. The minimum absolute atomic E-state index is 0.00135. The van der Waals surface area contributed by atoms with Crippen molar-refractivity contribution >= 4 is 6.03 Å². The van der Waals surface area contributed by atoms with E-state index < -0.39 is 0 Å². The van der Waals surface area contributed by atoms with E-state index in [1.807, 2.05) is 4.90 Å². The Balaban J connectivity index is 1.44. The molecule has 2 aliphatic rings. The molecule has 0 aliphatic carbocycles. The van der Waals surface area contributed by atoms with Gasteiger partial charge >= 0.3 is 11.7 Å². The normalized spacial score (nSPS) is 18.3. The summed E-state index contributed by atoms with van der Waals surface area (Å²) in [5, 5.41) is 7.38. The van der Waals surface area contributed by atoms with Crippen LogP contribution in [-0.2, 0) is 19.5 Å². The third kappa shape index (κ3) is 3.95. The van der Waals surface area contributed by atoms with Crippen LogP contribution in [0.25, 0.3) is 0 Å². The second-order valence-electron chi connectivity index (χ2n) is 6.52. The van der Waals surface area contributed by atoms with Crippen LogP contribution in [0.5, 0.6) is 0 Å². The largest absolute Gasteiger partial charge is 0.345 e. The molecule has 7 heteroatoms. The molecule has 3 heterocycles. The molecule has 1 saturated heterocycles. The number of hydrogen-bond acceptors (Lipinski definition) is 3. The number of urea groups is 1. The monoisotopic (exact) mass is 321 g/mol. The lowest BCUT2D eigenvalue weighted by molar-refractivity contribution is 0.199. The first kappa shape index (κ1) is 16.1. The molecule has 23 heavy (non-hydrogen) atoms. The number of fused-ring (bicyclic) bond motifs is 1. The molecule has 1 N–H and O–H groups in total. The number of hydrogen-bond donors (Lipinski definition) is 1. The molecular formula is C16H27N5O2. The molecule has 1 aromatic rings. The molecule has 1 fully saturated rings. The molecule has 0 radical (unpaired) electrons. The maximum absolute atomic E-state index is 12.2. The molecule has 0 spiro atoms. The summed E-state index contributed by atoms with van der Waals surface area (Å²) < 4.78 is 3.35. The fraction of sp³-hybridized carbons (Fsp3) is 0.812. The molecule has 7 nitrogen and oxygen atoms in total. The molecule has 0 bridgehead atoms. The Bertz CT molecular complexity index is 584. The summed E-state index contributed by atoms with van der Waals surface area (Å²) in [4.78, 5) is 26.2. The highest BCUT2D eigenvalue weighted by Crippen LogP contribution is 2.10. The summed E-state index contributed by atoms with van der Waals surface area (Å²) >= 11 is 0. The molecule has 3 rings (SSSR count). The molecule has 128 valence electrons. The fourth-order valence-electron chi connectivity index (χ4n) is 3.40. The minimum Gasteiger partial charge on any atom is -0.338 e. The maximum atomic E-state index is 12.2. The van der Waals surface area contributed by atoms with Crippen LogP contribution >= 0.6 is 0 Å². The third-order valence-electron chi connectivity index (χ3n) is 4.75. The van der Waals surface area contributed by atoms with E-state index in [1.165, 1.54) is 12.8 Å². The summed E-state index contributed by atoms with van der Waals surface area (Å²) in [6.07, 6.45) is 8.44. The lowest BCUT2D eigenvalue weighted by atomic mass is 10.2. The van der Waals surface area contributed by atoms with Gasteiger partial charge in [-0.05, 0) is 32.1 Å². The lowest BCUT2D eigenvalue weighted by Crippen LogP contribution is -2.41. The smallest absolute Gasteiger partial charge is 0.338 e. The van der Waals surface area contributed by atoms with Crippen LogP contribution in [0.4, 0.5) is 4.79 Å². The van der Waals surface area contributed by atoms with Gasteiger partial charge in [-0.25, -0.2) is 14.3 Å². The van der Waals surface area contributed by atoms with E-state index in [4.69, 9.17) is 0 Å². The molecule has 0 atom stereocenters. The van der Waals surface area contributed by atoms with Gasteiger partial charge in [-0.2, -0.15) is 5.10 Å². The van der Waals surface area contributed by atoms with Crippen LogP contribution in [0, 0.1) is 0 Å². The van der Waals surface area contributed by atoms with Crippen LogP contribution in [0.1, 0.15) is 50.8 Å². The van der Waals surface area contributed by atoms with E-state index in [0.717, 1.165) is 64.0 Å². The number of rotatable bonds is 4. The minimum atomic E-state index is -0.00135. The molecule has 1 aromatic heterocycles. The lowest BCUT2D eigenvalue weighted by Gasteiger charge is -2.20. The molecule has 2 aliphatic heterocycles. The number of aryl methyl sites for hydroxylation is 2.